The fraction of sp³-hybridized carbons (Fsp3) is 0.680. The Bertz CT molecular complexity index is 741. The number of cyclic esters (lactones) is 1. The lowest BCUT2D eigenvalue weighted by molar-refractivity contribution is -0.164. The van der Waals surface area contributed by atoms with E-state index in [-0.39, 0.29) is 36.8 Å². The van der Waals surface area contributed by atoms with Crippen LogP contribution >= 0.6 is 0 Å². The van der Waals surface area contributed by atoms with E-state index in [2.05, 4.69) is 20.8 Å². The number of aliphatic hydroxyl groups is 2. The Morgan fingerprint density at radius 2 is 2.00 bits per heavy atom. The highest BCUT2D eigenvalue weighted by atomic mass is 16.6. The minimum absolute atomic E-state index is 0.00348. The van der Waals surface area contributed by atoms with Crippen molar-refractivity contribution in [2.75, 3.05) is 13.2 Å². The van der Waals surface area contributed by atoms with Gasteiger partial charge in [-0.1, -0.05) is 31.6 Å². The van der Waals surface area contributed by atoms with Gasteiger partial charge in [0.15, 0.2) is 6.10 Å². The number of hydrogen-bond donors (Lipinski definition) is 2. The van der Waals surface area contributed by atoms with Gasteiger partial charge in [-0.05, 0) is 57.9 Å². The van der Waals surface area contributed by atoms with E-state index in [4.69, 9.17) is 19.3 Å². The largest absolute Gasteiger partial charge is 0.455 e. The summed E-state index contributed by atoms with van der Waals surface area (Å²) in [7, 11) is 0. The maximum absolute atomic E-state index is 12.4. The summed E-state index contributed by atoms with van der Waals surface area (Å²) < 4.78 is 16.8. The molecular weight excluding hydrogens is 412 g/mol. The zero-order chi connectivity index (χ0) is 23.9. The lowest BCUT2D eigenvalue weighted by Gasteiger charge is -2.32. The van der Waals surface area contributed by atoms with Crippen molar-refractivity contribution in [3.05, 3.63) is 36.0 Å². The van der Waals surface area contributed by atoms with Crippen LogP contribution in [0.2, 0.25) is 0 Å². The number of allylic oxidation sites excluding steroid dienone is 2. The van der Waals surface area contributed by atoms with E-state index in [1.165, 1.54) is 12.2 Å². The van der Waals surface area contributed by atoms with Gasteiger partial charge in [0, 0.05) is 31.3 Å². The summed E-state index contributed by atoms with van der Waals surface area (Å²) in [4.78, 5) is 24.2. The molecule has 2 N–H and O–H groups in total. The van der Waals surface area contributed by atoms with Crippen LogP contribution in [0.5, 0.6) is 0 Å². The minimum atomic E-state index is -0.650. The number of carbonyl (C=O) groups is 2. The van der Waals surface area contributed by atoms with Crippen molar-refractivity contribution in [2.45, 2.75) is 77.8 Å². The molecule has 32 heavy (non-hydrogen) atoms. The quantitative estimate of drug-likeness (QED) is 0.204. The highest BCUT2D eigenvalue weighted by Crippen LogP contribution is 2.42. The number of esters is 2. The summed E-state index contributed by atoms with van der Waals surface area (Å²) in [5, 5.41) is 18.3. The summed E-state index contributed by atoms with van der Waals surface area (Å²) >= 11 is 0. The van der Waals surface area contributed by atoms with Gasteiger partial charge < -0.3 is 24.4 Å². The van der Waals surface area contributed by atoms with Crippen molar-refractivity contribution >= 4 is 11.9 Å². The van der Waals surface area contributed by atoms with Gasteiger partial charge >= 0.3 is 11.9 Å². The number of aliphatic hydroxyl groups excluding tert-OH is 2. The van der Waals surface area contributed by atoms with Crippen LogP contribution in [-0.2, 0) is 23.8 Å². The monoisotopic (exact) mass is 450 g/mol. The summed E-state index contributed by atoms with van der Waals surface area (Å²) in [6.45, 7) is 10.1. The lowest BCUT2D eigenvalue weighted by atomic mass is 9.84. The van der Waals surface area contributed by atoms with Gasteiger partial charge in [-0.25, -0.2) is 9.59 Å². The molecule has 2 heterocycles. The molecule has 1 fully saturated rings. The van der Waals surface area contributed by atoms with Gasteiger partial charge in [0.05, 0.1) is 11.7 Å². The number of rotatable bonds is 12. The molecule has 7 heteroatoms. The molecule has 0 unspecified atom stereocenters. The van der Waals surface area contributed by atoms with E-state index in [9.17, 15) is 14.7 Å². The van der Waals surface area contributed by atoms with Gasteiger partial charge in [-0.2, -0.15) is 0 Å². The topological polar surface area (TPSA) is 106 Å². The average molecular weight is 451 g/mol. The molecule has 0 aliphatic carbocycles. The highest BCUT2D eigenvalue weighted by Gasteiger charge is 2.49. The average Bonchev–Trinajstić information content (AvgIpc) is 3.31. The number of carbonyl (C=O) groups excluding carboxylic acids is 2. The Balaban J connectivity index is 1.95. The zero-order valence-electron chi connectivity index (χ0n) is 19.8. The second kappa shape index (κ2) is 11.8. The molecule has 0 aromatic heterocycles. The third kappa shape index (κ3) is 7.87. The number of epoxide rings is 1. The van der Waals surface area contributed by atoms with Crippen LogP contribution in [-0.4, -0.2) is 59.3 Å². The number of hydrogen-bond acceptors (Lipinski definition) is 7. The molecule has 2 aliphatic rings. The second-order valence-electron chi connectivity index (χ2n) is 9.46. The molecule has 180 valence electrons. The predicted molar refractivity (Wildman–Crippen MR) is 121 cm³/mol. The maximum Gasteiger partial charge on any atom is 0.331 e. The van der Waals surface area contributed by atoms with Crippen molar-refractivity contribution in [1.29, 1.82) is 0 Å². The second-order valence-corrected chi connectivity index (χ2v) is 9.46. The molecule has 2 rings (SSSR count). The van der Waals surface area contributed by atoms with Crippen LogP contribution in [0.3, 0.4) is 0 Å². The van der Waals surface area contributed by atoms with E-state index in [1.807, 2.05) is 13.8 Å². The third-order valence-corrected chi connectivity index (χ3v) is 6.30. The Labute approximate surface area is 191 Å². The molecule has 0 radical (unpaired) electrons. The summed E-state index contributed by atoms with van der Waals surface area (Å²) in [5.41, 5.74) is 0.708. The van der Waals surface area contributed by atoms with Crippen LogP contribution in [0.4, 0.5) is 0 Å². The highest BCUT2D eigenvalue weighted by molar-refractivity contribution is 5.85. The Kier molecular flexibility index (Phi) is 9.67. The first-order valence-electron chi connectivity index (χ1n) is 11.4. The Morgan fingerprint density at radius 1 is 1.31 bits per heavy atom. The van der Waals surface area contributed by atoms with Crippen molar-refractivity contribution < 1.29 is 34.0 Å². The van der Waals surface area contributed by atoms with Gasteiger partial charge in [0.2, 0.25) is 0 Å². The third-order valence-electron chi connectivity index (χ3n) is 6.30. The van der Waals surface area contributed by atoms with Crippen molar-refractivity contribution in [3.63, 3.8) is 0 Å². The molecular formula is C25H38O7. The molecule has 1 saturated heterocycles. The standard InChI is InChI=1S/C25H38O7/c1-16(13-20(15-27)10-11-26)6-8-22(28)30-21-7-9-23(29)31-24(21)18(3)12-17(2)14-25(5)19(4)32-25/h6-9,13,17-21,24,26-27H,10-12,14-15H2,1-5H3/b8-6+,16-13+/t17-,18+,19-,20+,21-,24-,25-/m1/s1. The van der Waals surface area contributed by atoms with E-state index in [0.29, 0.717) is 12.3 Å². The van der Waals surface area contributed by atoms with Crippen LogP contribution < -0.4 is 0 Å². The van der Waals surface area contributed by atoms with Crippen LogP contribution in [0, 0.1) is 17.8 Å². The van der Waals surface area contributed by atoms with E-state index < -0.39 is 24.1 Å². The maximum atomic E-state index is 12.4. The first kappa shape index (κ1) is 26.3. The SMILES string of the molecule is CC(/C=C/C(=O)O[C@@H]1C=CC(=O)O[C@@H]1[C@@H](C)C[C@@H](C)C[C@@]1(C)O[C@@H]1C)=C\[C@@H](CO)CCO. The van der Waals surface area contributed by atoms with E-state index in [0.717, 1.165) is 18.4 Å². The van der Waals surface area contributed by atoms with Crippen molar-refractivity contribution in [3.8, 4) is 0 Å². The van der Waals surface area contributed by atoms with Gasteiger partial charge in [0.25, 0.3) is 0 Å². The lowest BCUT2D eigenvalue weighted by Crippen LogP contribution is -2.41. The predicted octanol–water partition coefficient (Wildman–Crippen LogP) is 3.10. The molecule has 7 nitrogen and oxygen atoms in total. The fourth-order valence-corrected chi connectivity index (χ4v) is 4.39. The van der Waals surface area contributed by atoms with Crippen molar-refractivity contribution in [1.82, 2.24) is 0 Å². The van der Waals surface area contributed by atoms with E-state index in [1.54, 1.807) is 18.2 Å². The van der Waals surface area contributed by atoms with Crippen molar-refractivity contribution in [2.24, 2.45) is 17.8 Å². The molecule has 0 spiro atoms. The number of ether oxygens (including phenoxy) is 3. The molecule has 2 aliphatic heterocycles. The first-order chi connectivity index (χ1) is 15.1. The molecule has 0 saturated carbocycles. The molecule has 0 aromatic rings. The van der Waals surface area contributed by atoms with E-state index >= 15 is 0 Å². The van der Waals surface area contributed by atoms with Crippen LogP contribution in [0.15, 0.2) is 36.0 Å². The van der Waals surface area contributed by atoms with Crippen LogP contribution in [0.1, 0.15) is 53.9 Å². The minimum Gasteiger partial charge on any atom is -0.455 e. The summed E-state index contributed by atoms with van der Waals surface area (Å²) in [5.74, 6) is -0.761. The smallest absolute Gasteiger partial charge is 0.331 e. The van der Waals surface area contributed by atoms with Gasteiger partial charge in [0.1, 0.15) is 6.10 Å². The zero-order valence-corrected chi connectivity index (χ0v) is 19.8. The first-order valence-corrected chi connectivity index (χ1v) is 11.4. The summed E-state index contributed by atoms with van der Waals surface area (Å²) in [6.07, 6.45) is 8.88. The Morgan fingerprint density at radius 3 is 2.59 bits per heavy atom. The Hall–Kier alpha value is -1.96. The summed E-state index contributed by atoms with van der Waals surface area (Å²) in [6, 6.07) is 0. The fourth-order valence-electron chi connectivity index (χ4n) is 4.39. The van der Waals surface area contributed by atoms with Crippen LogP contribution in [0.25, 0.3) is 0 Å². The molecule has 0 bridgehead atoms. The normalized spacial score (nSPS) is 30.7. The molecule has 7 atom stereocenters. The molecule has 0 amide bonds. The molecule has 0 aromatic carbocycles. The van der Waals surface area contributed by atoms with Gasteiger partial charge in [-0.15, -0.1) is 0 Å². The van der Waals surface area contributed by atoms with Gasteiger partial charge in [-0.3, -0.25) is 0 Å².